The number of ketones is 1. The van der Waals surface area contributed by atoms with Crippen molar-refractivity contribution in [2.45, 2.75) is 43.7 Å². The molecule has 0 bridgehead atoms. The summed E-state index contributed by atoms with van der Waals surface area (Å²) >= 11 is 0. The second kappa shape index (κ2) is 4.52. The molecule has 0 aromatic rings. The molecule has 0 spiro atoms. The summed E-state index contributed by atoms with van der Waals surface area (Å²) in [5.41, 5.74) is 5.30. The first kappa shape index (κ1) is 12.5. The van der Waals surface area contributed by atoms with E-state index in [1.54, 1.807) is 0 Å². The number of ether oxygens (including phenoxy) is 1. The Hall–Kier alpha value is -0.570. The lowest BCUT2D eigenvalue weighted by molar-refractivity contribution is -0.259. The van der Waals surface area contributed by atoms with E-state index in [9.17, 15) is 25.2 Å². The fraction of sp³-hybridized carbons (Fsp3) is 0.875. The molecule has 0 saturated carbocycles. The number of aliphatic hydroxyl groups excluding tert-OH is 4. The Morgan fingerprint density at radius 1 is 1.33 bits per heavy atom. The van der Waals surface area contributed by atoms with Crippen LogP contribution in [0.1, 0.15) is 6.92 Å². The van der Waals surface area contributed by atoms with Crippen molar-refractivity contribution in [3.63, 3.8) is 0 Å². The first-order valence-corrected chi connectivity index (χ1v) is 4.50. The Bertz CT molecular complexity index is 247. The van der Waals surface area contributed by atoms with Crippen molar-refractivity contribution in [2.75, 3.05) is 0 Å². The summed E-state index contributed by atoms with van der Waals surface area (Å²) < 4.78 is 4.75. The van der Waals surface area contributed by atoms with Gasteiger partial charge in [0.15, 0.2) is 12.1 Å². The number of Topliss-reactive ketones (excluding diaryl/α,β-unsaturated/α-hetero) is 1. The molecule has 88 valence electrons. The van der Waals surface area contributed by atoms with Crippen molar-refractivity contribution in [3.8, 4) is 0 Å². The molecule has 1 fully saturated rings. The summed E-state index contributed by atoms with van der Waals surface area (Å²) in [5.74, 6) is -0.631. The highest BCUT2D eigenvalue weighted by Crippen LogP contribution is 2.21. The first-order chi connectivity index (χ1) is 6.86. The van der Waals surface area contributed by atoms with Gasteiger partial charge in [0.25, 0.3) is 0 Å². The zero-order chi connectivity index (χ0) is 11.7. The third-order valence-electron chi connectivity index (χ3n) is 2.43. The van der Waals surface area contributed by atoms with Gasteiger partial charge in [0, 0.05) is 0 Å². The molecule has 0 aromatic carbocycles. The summed E-state index contributed by atoms with van der Waals surface area (Å²) in [6.07, 6.45) is -7.46. The van der Waals surface area contributed by atoms with E-state index < -0.39 is 42.5 Å². The Morgan fingerprint density at radius 3 is 2.33 bits per heavy atom. The van der Waals surface area contributed by atoms with E-state index in [1.807, 2.05) is 0 Å². The number of hydrogen-bond acceptors (Lipinski definition) is 7. The monoisotopic (exact) mass is 221 g/mol. The number of rotatable bonds is 2. The predicted molar refractivity (Wildman–Crippen MR) is 47.6 cm³/mol. The average Bonchev–Trinajstić information content (AvgIpc) is 2.19. The summed E-state index contributed by atoms with van der Waals surface area (Å²) in [4.78, 5) is 10.8. The maximum absolute atomic E-state index is 10.8. The van der Waals surface area contributed by atoms with Crippen LogP contribution in [0.3, 0.4) is 0 Å². The standard InChI is InChI=1S/C8H15NO6/c1-2(10)4(11)7-6(13)5(12)3(9)8(14)15-7/h3-8,11-14H,9H2,1H3/t3-,4?,5-,6+,7-,8?/m1/s1. The molecule has 0 amide bonds. The van der Waals surface area contributed by atoms with Gasteiger partial charge >= 0.3 is 0 Å². The first-order valence-electron chi connectivity index (χ1n) is 4.50. The van der Waals surface area contributed by atoms with Crippen LogP contribution in [0.2, 0.25) is 0 Å². The highest BCUT2D eigenvalue weighted by molar-refractivity contribution is 5.80. The smallest absolute Gasteiger partial charge is 0.173 e. The fourth-order valence-electron chi connectivity index (χ4n) is 1.42. The van der Waals surface area contributed by atoms with Gasteiger partial charge in [-0.2, -0.15) is 0 Å². The Kier molecular flexibility index (Phi) is 3.77. The Morgan fingerprint density at radius 2 is 1.87 bits per heavy atom. The largest absolute Gasteiger partial charge is 0.388 e. The lowest BCUT2D eigenvalue weighted by atomic mass is 9.93. The van der Waals surface area contributed by atoms with Crippen LogP contribution in [-0.4, -0.2) is 63.0 Å². The molecule has 7 heteroatoms. The van der Waals surface area contributed by atoms with Gasteiger partial charge in [-0.05, 0) is 6.92 Å². The second-order valence-corrected chi connectivity index (χ2v) is 3.61. The summed E-state index contributed by atoms with van der Waals surface area (Å²) in [5, 5.41) is 37.4. The van der Waals surface area contributed by atoms with Gasteiger partial charge in [-0.15, -0.1) is 0 Å². The maximum atomic E-state index is 10.8. The Labute approximate surface area is 86.1 Å². The minimum atomic E-state index is -1.60. The molecule has 1 rings (SSSR count). The SMILES string of the molecule is CC(=O)C(O)[C@H]1OC(O)[C@H](N)[C@@H](O)[C@@H]1O. The van der Waals surface area contributed by atoms with Gasteiger partial charge < -0.3 is 30.9 Å². The van der Waals surface area contributed by atoms with E-state index >= 15 is 0 Å². The topological polar surface area (TPSA) is 133 Å². The van der Waals surface area contributed by atoms with Crippen molar-refractivity contribution >= 4 is 5.78 Å². The molecule has 6 atom stereocenters. The van der Waals surface area contributed by atoms with Crippen LogP contribution in [-0.2, 0) is 9.53 Å². The van der Waals surface area contributed by atoms with Crippen LogP contribution >= 0.6 is 0 Å². The molecule has 1 heterocycles. The zero-order valence-corrected chi connectivity index (χ0v) is 8.15. The van der Waals surface area contributed by atoms with Gasteiger partial charge in [-0.3, -0.25) is 4.79 Å². The molecule has 0 aliphatic carbocycles. The molecule has 15 heavy (non-hydrogen) atoms. The fourth-order valence-corrected chi connectivity index (χ4v) is 1.42. The maximum Gasteiger partial charge on any atom is 0.173 e. The van der Waals surface area contributed by atoms with Gasteiger partial charge in [0.1, 0.15) is 24.4 Å². The van der Waals surface area contributed by atoms with E-state index in [0.717, 1.165) is 6.92 Å². The number of carbonyl (C=O) groups excluding carboxylic acids is 1. The van der Waals surface area contributed by atoms with Gasteiger partial charge in [0.2, 0.25) is 0 Å². The highest BCUT2D eigenvalue weighted by Gasteiger charge is 2.45. The summed E-state index contributed by atoms with van der Waals surface area (Å²) in [6, 6.07) is -1.17. The van der Waals surface area contributed by atoms with Crippen LogP contribution < -0.4 is 5.73 Å². The van der Waals surface area contributed by atoms with Crippen LogP contribution in [0.4, 0.5) is 0 Å². The van der Waals surface area contributed by atoms with Crippen LogP contribution in [0.5, 0.6) is 0 Å². The molecule has 1 aliphatic rings. The predicted octanol–water partition coefficient (Wildman–Crippen LogP) is -3.30. The van der Waals surface area contributed by atoms with E-state index in [0.29, 0.717) is 0 Å². The molecule has 0 aromatic heterocycles. The molecule has 6 N–H and O–H groups in total. The van der Waals surface area contributed by atoms with Gasteiger partial charge in [-0.25, -0.2) is 0 Å². The van der Waals surface area contributed by atoms with Crippen molar-refractivity contribution in [2.24, 2.45) is 5.73 Å². The summed E-state index contributed by atoms with van der Waals surface area (Å²) in [6.45, 7) is 1.11. The van der Waals surface area contributed by atoms with Crippen molar-refractivity contribution in [3.05, 3.63) is 0 Å². The van der Waals surface area contributed by atoms with Crippen molar-refractivity contribution < 1.29 is 30.0 Å². The highest BCUT2D eigenvalue weighted by atomic mass is 16.6. The number of aliphatic hydroxyl groups is 4. The molecule has 2 unspecified atom stereocenters. The van der Waals surface area contributed by atoms with E-state index in [-0.39, 0.29) is 0 Å². The van der Waals surface area contributed by atoms with Crippen LogP contribution in [0.25, 0.3) is 0 Å². The average molecular weight is 221 g/mol. The number of nitrogens with two attached hydrogens (primary N) is 1. The zero-order valence-electron chi connectivity index (χ0n) is 8.15. The minimum Gasteiger partial charge on any atom is -0.388 e. The quantitative estimate of drug-likeness (QED) is 0.330. The van der Waals surface area contributed by atoms with E-state index in [4.69, 9.17) is 10.5 Å². The van der Waals surface area contributed by atoms with Crippen molar-refractivity contribution in [1.82, 2.24) is 0 Å². The van der Waals surface area contributed by atoms with Crippen LogP contribution in [0.15, 0.2) is 0 Å². The molecule has 1 saturated heterocycles. The third-order valence-corrected chi connectivity index (χ3v) is 2.43. The Balaban J connectivity index is 2.78. The minimum absolute atomic E-state index is 0.631. The third kappa shape index (κ3) is 2.33. The van der Waals surface area contributed by atoms with Gasteiger partial charge in [-0.1, -0.05) is 0 Å². The number of carbonyl (C=O) groups is 1. The molecular formula is C8H15NO6. The lowest BCUT2D eigenvalue weighted by Crippen LogP contribution is -2.64. The normalized spacial score (nSPS) is 43.7. The van der Waals surface area contributed by atoms with Crippen molar-refractivity contribution in [1.29, 1.82) is 0 Å². The second-order valence-electron chi connectivity index (χ2n) is 3.61. The van der Waals surface area contributed by atoms with E-state index in [2.05, 4.69) is 0 Å². The molecule has 1 aliphatic heterocycles. The van der Waals surface area contributed by atoms with Gasteiger partial charge in [0.05, 0.1) is 6.04 Å². The van der Waals surface area contributed by atoms with E-state index in [1.165, 1.54) is 0 Å². The molecule has 0 radical (unpaired) electrons. The molecule has 7 nitrogen and oxygen atoms in total. The summed E-state index contributed by atoms with van der Waals surface area (Å²) in [7, 11) is 0. The van der Waals surface area contributed by atoms with Crippen LogP contribution in [0, 0.1) is 0 Å². The molecular weight excluding hydrogens is 206 g/mol. The number of hydrogen-bond donors (Lipinski definition) is 5. The lowest BCUT2D eigenvalue weighted by Gasteiger charge is -2.40.